The second-order valence-corrected chi connectivity index (χ2v) is 3.33. The summed E-state index contributed by atoms with van der Waals surface area (Å²) in [6.07, 6.45) is 1.52. The maximum absolute atomic E-state index is 9.50. The molecule has 0 fully saturated rings. The molecular formula is C9H10BrNO3. The summed E-state index contributed by atoms with van der Waals surface area (Å²) >= 11 is 3.20. The zero-order valence-electron chi connectivity index (χ0n) is 7.82. The molecule has 14 heavy (non-hydrogen) atoms. The highest BCUT2D eigenvalue weighted by atomic mass is 79.9. The van der Waals surface area contributed by atoms with Crippen molar-refractivity contribution in [1.29, 1.82) is 0 Å². The second kappa shape index (κ2) is 4.85. The summed E-state index contributed by atoms with van der Waals surface area (Å²) in [5.74, 6) is 0.457. The van der Waals surface area contributed by atoms with E-state index in [0.29, 0.717) is 10.2 Å². The molecule has 76 valence electrons. The molecule has 0 aliphatic rings. The van der Waals surface area contributed by atoms with Crippen molar-refractivity contribution in [2.24, 2.45) is 5.16 Å². The van der Waals surface area contributed by atoms with Gasteiger partial charge in [0.1, 0.15) is 7.11 Å². The molecule has 1 aromatic rings. The van der Waals surface area contributed by atoms with Crippen LogP contribution in [0.3, 0.4) is 0 Å². The van der Waals surface area contributed by atoms with Gasteiger partial charge in [-0.3, -0.25) is 0 Å². The number of nitrogens with zero attached hydrogens (tertiary/aromatic N) is 1. The first-order valence-corrected chi connectivity index (χ1v) is 4.61. The molecule has 0 aromatic heterocycles. The Hall–Kier alpha value is -1.23. The summed E-state index contributed by atoms with van der Waals surface area (Å²) in [5, 5.41) is 13.1. The molecule has 0 unspecified atom stereocenters. The van der Waals surface area contributed by atoms with Crippen molar-refractivity contribution < 1.29 is 14.7 Å². The van der Waals surface area contributed by atoms with Gasteiger partial charge in [0.15, 0.2) is 11.5 Å². The van der Waals surface area contributed by atoms with Gasteiger partial charge in [0.2, 0.25) is 0 Å². The van der Waals surface area contributed by atoms with E-state index >= 15 is 0 Å². The van der Waals surface area contributed by atoms with Gasteiger partial charge >= 0.3 is 0 Å². The van der Waals surface area contributed by atoms with Crippen molar-refractivity contribution in [2.75, 3.05) is 14.2 Å². The predicted octanol–water partition coefficient (Wildman–Crippen LogP) is 2.14. The minimum absolute atomic E-state index is 0.0714. The summed E-state index contributed by atoms with van der Waals surface area (Å²) in [7, 11) is 2.95. The topological polar surface area (TPSA) is 51.0 Å². The summed E-state index contributed by atoms with van der Waals surface area (Å²) in [6, 6.07) is 3.36. The first kappa shape index (κ1) is 10.8. The number of hydrogen-bond donors (Lipinski definition) is 1. The van der Waals surface area contributed by atoms with Gasteiger partial charge < -0.3 is 14.7 Å². The highest BCUT2D eigenvalue weighted by molar-refractivity contribution is 9.10. The van der Waals surface area contributed by atoms with Crippen LogP contribution in [0.2, 0.25) is 0 Å². The molecular weight excluding hydrogens is 250 g/mol. The van der Waals surface area contributed by atoms with Gasteiger partial charge in [-0.15, -0.1) is 0 Å². The zero-order valence-corrected chi connectivity index (χ0v) is 9.41. The molecule has 4 nitrogen and oxygen atoms in total. The fraction of sp³-hybridized carbons (Fsp3) is 0.222. The van der Waals surface area contributed by atoms with Crippen LogP contribution < -0.4 is 4.74 Å². The van der Waals surface area contributed by atoms with Gasteiger partial charge in [0, 0.05) is 5.56 Å². The average Bonchev–Trinajstić information content (AvgIpc) is 2.19. The van der Waals surface area contributed by atoms with Crippen LogP contribution in [0.4, 0.5) is 0 Å². The van der Waals surface area contributed by atoms with Crippen molar-refractivity contribution in [1.82, 2.24) is 0 Å². The Labute approximate surface area is 90.3 Å². The van der Waals surface area contributed by atoms with Crippen LogP contribution >= 0.6 is 15.9 Å². The first-order valence-electron chi connectivity index (χ1n) is 3.82. The summed E-state index contributed by atoms with van der Waals surface area (Å²) < 4.78 is 5.51. The van der Waals surface area contributed by atoms with Crippen molar-refractivity contribution in [2.45, 2.75) is 0 Å². The number of oxime groups is 1. The molecule has 0 atom stereocenters. The van der Waals surface area contributed by atoms with E-state index in [1.165, 1.54) is 20.4 Å². The Kier molecular flexibility index (Phi) is 3.76. The predicted molar refractivity (Wildman–Crippen MR) is 57.0 cm³/mol. The molecule has 1 rings (SSSR count). The summed E-state index contributed by atoms with van der Waals surface area (Å²) in [6.45, 7) is 0. The van der Waals surface area contributed by atoms with E-state index in [4.69, 9.17) is 4.74 Å². The molecule has 0 saturated heterocycles. The fourth-order valence-electron chi connectivity index (χ4n) is 0.937. The van der Waals surface area contributed by atoms with E-state index in [1.807, 2.05) is 0 Å². The van der Waals surface area contributed by atoms with Crippen molar-refractivity contribution >= 4 is 22.1 Å². The lowest BCUT2D eigenvalue weighted by Crippen LogP contribution is -1.88. The molecule has 0 aliphatic heterocycles. The number of rotatable bonds is 3. The van der Waals surface area contributed by atoms with E-state index in [-0.39, 0.29) is 5.75 Å². The van der Waals surface area contributed by atoms with Gasteiger partial charge in [-0.05, 0) is 28.1 Å². The van der Waals surface area contributed by atoms with E-state index in [2.05, 4.69) is 25.9 Å². The molecule has 0 radical (unpaired) electrons. The largest absolute Gasteiger partial charge is 0.503 e. The molecule has 0 amide bonds. The Balaban J connectivity index is 3.09. The van der Waals surface area contributed by atoms with Gasteiger partial charge in [0.25, 0.3) is 0 Å². The van der Waals surface area contributed by atoms with Gasteiger partial charge in [0.05, 0.1) is 17.8 Å². The lowest BCUT2D eigenvalue weighted by molar-refractivity contribution is 0.215. The van der Waals surface area contributed by atoms with E-state index < -0.39 is 0 Å². The van der Waals surface area contributed by atoms with Crippen LogP contribution in [0.5, 0.6) is 11.5 Å². The third kappa shape index (κ3) is 2.38. The number of hydrogen-bond acceptors (Lipinski definition) is 4. The molecule has 0 heterocycles. The van der Waals surface area contributed by atoms with Gasteiger partial charge in [-0.25, -0.2) is 0 Å². The second-order valence-electron chi connectivity index (χ2n) is 2.47. The molecule has 5 heteroatoms. The molecule has 1 N–H and O–H groups in total. The number of ether oxygens (including phenoxy) is 1. The third-order valence-corrected chi connectivity index (χ3v) is 2.18. The smallest absolute Gasteiger partial charge is 0.172 e. The SMILES string of the molecule is CON=Cc1cc(Br)c(O)c(OC)c1. The van der Waals surface area contributed by atoms with E-state index in [1.54, 1.807) is 12.1 Å². The number of phenolic OH excluding ortho intramolecular Hbond substituents is 1. The van der Waals surface area contributed by atoms with E-state index in [0.717, 1.165) is 5.56 Å². The first-order chi connectivity index (χ1) is 6.69. The highest BCUT2D eigenvalue weighted by Gasteiger charge is 2.07. The highest BCUT2D eigenvalue weighted by Crippen LogP contribution is 2.34. The lowest BCUT2D eigenvalue weighted by atomic mass is 10.2. The quantitative estimate of drug-likeness (QED) is 0.669. The van der Waals surface area contributed by atoms with Gasteiger partial charge in [-0.2, -0.15) is 0 Å². The Bertz CT molecular complexity index is 352. The fourth-order valence-corrected chi connectivity index (χ4v) is 1.40. The zero-order chi connectivity index (χ0) is 10.6. The normalized spacial score (nSPS) is 10.5. The molecule has 0 aliphatic carbocycles. The van der Waals surface area contributed by atoms with Crippen molar-refractivity contribution in [3.63, 3.8) is 0 Å². The summed E-state index contributed by atoms with van der Waals surface area (Å²) in [4.78, 5) is 4.54. The van der Waals surface area contributed by atoms with Gasteiger partial charge in [-0.1, -0.05) is 5.16 Å². The molecule has 0 saturated carbocycles. The number of benzene rings is 1. The molecule has 1 aromatic carbocycles. The van der Waals surface area contributed by atoms with Crippen LogP contribution in [-0.4, -0.2) is 25.5 Å². The minimum atomic E-state index is 0.0714. The van der Waals surface area contributed by atoms with Crippen LogP contribution in [-0.2, 0) is 4.84 Å². The van der Waals surface area contributed by atoms with Crippen LogP contribution in [0.1, 0.15) is 5.56 Å². The van der Waals surface area contributed by atoms with Crippen LogP contribution in [0.15, 0.2) is 21.8 Å². The lowest BCUT2D eigenvalue weighted by Gasteiger charge is -2.05. The van der Waals surface area contributed by atoms with Crippen molar-refractivity contribution in [3.8, 4) is 11.5 Å². The number of halogens is 1. The van der Waals surface area contributed by atoms with E-state index in [9.17, 15) is 5.11 Å². The summed E-state index contributed by atoms with van der Waals surface area (Å²) in [5.41, 5.74) is 0.772. The number of methoxy groups -OCH3 is 1. The Morgan fingerprint density at radius 1 is 1.43 bits per heavy atom. The van der Waals surface area contributed by atoms with Crippen LogP contribution in [0, 0.1) is 0 Å². The number of aromatic hydroxyl groups is 1. The monoisotopic (exact) mass is 259 g/mol. The molecule has 0 spiro atoms. The average molecular weight is 260 g/mol. The van der Waals surface area contributed by atoms with Crippen LogP contribution in [0.25, 0.3) is 0 Å². The standard InChI is InChI=1S/C9H10BrNO3/c1-13-8-4-6(5-11-14-2)3-7(10)9(8)12/h3-5,12H,1-2H3. The maximum Gasteiger partial charge on any atom is 0.172 e. The van der Waals surface area contributed by atoms with Crippen molar-refractivity contribution in [3.05, 3.63) is 22.2 Å². The third-order valence-electron chi connectivity index (χ3n) is 1.58. The maximum atomic E-state index is 9.50. The number of phenols is 1. The molecule has 0 bridgehead atoms. The minimum Gasteiger partial charge on any atom is -0.503 e. The Morgan fingerprint density at radius 3 is 2.71 bits per heavy atom. The Morgan fingerprint density at radius 2 is 2.14 bits per heavy atom.